The Bertz CT molecular complexity index is 992. The molecule has 0 amide bonds. The minimum atomic E-state index is 0.146. The van der Waals surface area contributed by atoms with Crippen molar-refractivity contribution >= 4 is 16.7 Å². The number of pyridine rings is 1. The van der Waals surface area contributed by atoms with Crippen LogP contribution in [-0.2, 0) is 6.54 Å². The standard InChI is InChI=1S/C21H21N3O3/c22-20-7-5-15-2-1-3-18(21(15)23-20)27-16-8-9-24(12-16)11-14-4-6-17-19(10-14)26-13-25-17/h1-7,10,16H,8-9,11-13H2,(H2,22,23)/t16-/m1/s1. The number of fused-ring (bicyclic) bond motifs is 2. The van der Waals surface area contributed by atoms with E-state index in [0.29, 0.717) is 12.6 Å². The van der Waals surface area contributed by atoms with Crippen molar-refractivity contribution < 1.29 is 14.2 Å². The van der Waals surface area contributed by atoms with Crippen molar-refractivity contribution in [3.63, 3.8) is 0 Å². The molecule has 138 valence electrons. The number of likely N-dealkylation sites (tertiary alicyclic amines) is 1. The zero-order chi connectivity index (χ0) is 18.2. The number of rotatable bonds is 4. The first kappa shape index (κ1) is 16.2. The van der Waals surface area contributed by atoms with Gasteiger partial charge in [0.25, 0.3) is 0 Å². The average Bonchev–Trinajstić information content (AvgIpc) is 3.31. The van der Waals surface area contributed by atoms with Crippen molar-refractivity contribution in [1.29, 1.82) is 0 Å². The van der Waals surface area contributed by atoms with Gasteiger partial charge < -0.3 is 19.9 Å². The molecule has 5 rings (SSSR count). The van der Waals surface area contributed by atoms with Gasteiger partial charge in [-0.3, -0.25) is 4.90 Å². The number of nitrogen functional groups attached to an aromatic ring is 1. The number of hydrogen-bond acceptors (Lipinski definition) is 6. The number of ether oxygens (including phenoxy) is 3. The highest BCUT2D eigenvalue weighted by Gasteiger charge is 2.25. The van der Waals surface area contributed by atoms with E-state index in [9.17, 15) is 0 Å². The second-order valence-corrected chi connectivity index (χ2v) is 7.02. The molecule has 6 heteroatoms. The number of nitrogens with two attached hydrogens (primary N) is 1. The van der Waals surface area contributed by atoms with Crippen LogP contribution >= 0.6 is 0 Å². The van der Waals surface area contributed by atoms with Crippen molar-refractivity contribution in [2.24, 2.45) is 0 Å². The van der Waals surface area contributed by atoms with E-state index in [1.165, 1.54) is 5.56 Å². The molecule has 2 aromatic carbocycles. The Morgan fingerprint density at radius 2 is 2.04 bits per heavy atom. The number of benzene rings is 2. The van der Waals surface area contributed by atoms with Gasteiger partial charge in [0.05, 0.1) is 0 Å². The maximum atomic E-state index is 6.28. The summed E-state index contributed by atoms with van der Waals surface area (Å²) < 4.78 is 17.1. The first-order valence-electron chi connectivity index (χ1n) is 9.17. The molecule has 1 atom stereocenters. The zero-order valence-electron chi connectivity index (χ0n) is 14.9. The predicted octanol–water partition coefficient (Wildman–Crippen LogP) is 3.20. The van der Waals surface area contributed by atoms with Crippen molar-refractivity contribution in [3.05, 3.63) is 54.1 Å². The van der Waals surface area contributed by atoms with Gasteiger partial charge in [-0.05, 0) is 42.3 Å². The van der Waals surface area contributed by atoms with Gasteiger partial charge >= 0.3 is 0 Å². The molecule has 27 heavy (non-hydrogen) atoms. The Morgan fingerprint density at radius 1 is 1.11 bits per heavy atom. The molecule has 0 bridgehead atoms. The summed E-state index contributed by atoms with van der Waals surface area (Å²) in [5, 5.41) is 1.04. The highest BCUT2D eigenvalue weighted by atomic mass is 16.7. The van der Waals surface area contributed by atoms with Gasteiger partial charge in [0.1, 0.15) is 23.2 Å². The van der Waals surface area contributed by atoms with Gasteiger partial charge in [0.2, 0.25) is 6.79 Å². The van der Waals surface area contributed by atoms with Crippen LogP contribution < -0.4 is 19.9 Å². The molecule has 1 aromatic heterocycles. The second kappa shape index (κ2) is 6.63. The number of aromatic nitrogens is 1. The summed E-state index contributed by atoms with van der Waals surface area (Å²) in [5.41, 5.74) is 7.90. The maximum absolute atomic E-state index is 6.28. The number of anilines is 1. The van der Waals surface area contributed by atoms with Crippen LogP contribution in [0.4, 0.5) is 5.82 Å². The summed E-state index contributed by atoms with van der Waals surface area (Å²) >= 11 is 0. The first-order chi connectivity index (χ1) is 13.2. The molecule has 0 spiro atoms. The van der Waals surface area contributed by atoms with Crippen LogP contribution in [0.2, 0.25) is 0 Å². The lowest BCUT2D eigenvalue weighted by molar-refractivity contribution is 0.174. The molecule has 1 saturated heterocycles. The van der Waals surface area contributed by atoms with E-state index in [4.69, 9.17) is 19.9 Å². The monoisotopic (exact) mass is 363 g/mol. The van der Waals surface area contributed by atoms with Crippen molar-refractivity contribution in [1.82, 2.24) is 9.88 Å². The lowest BCUT2D eigenvalue weighted by Gasteiger charge is -2.18. The van der Waals surface area contributed by atoms with Gasteiger partial charge in [-0.1, -0.05) is 18.2 Å². The lowest BCUT2D eigenvalue weighted by Crippen LogP contribution is -2.24. The molecule has 2 aliphatic heterocycles. The van der Waals surface area contributed by atoms with Gasteiger partial charge in [-0.2, -0.15) is 0 Å². The first-order valence-corrected chi connectivity index (χ1v) is 9.17. The second-order valence-electron chi connectivity index (χ2n) is 7.02. The van der Waals surface area contributed by atoms with E-state index in [2.05, 4.69) is 22.0 Å². The van der Waals surface area contributed by atoms with Gasteiger partial charge in [-0.15, -0.1) is 0 Å². The summed E-state index contributed by atoms with van der Waals surface area (Å²) in [6, 6.07) is 15.9. The van der Waals surface area contributed by atoms with Crippen LogP contribution in [0.5, 0.6) is 17.2 Å². The van der Waals surface area contributed by atoms with E-state index in [-0.39, 0.29) is 6.10 Å². The summed E-state index contributed by atoms with van der Waals surface area (Å²) in [5.74, 6) is 2.96. The molecular formula is C21H21N3O3. The molecule has 1 fully saturated rings. The molecular weight excluding hydrogens is 342 g/mol. The van der Waals surface area contributed by atoms with Gasteiger partial charge in [0, 0.05) is 25.0 Å². The molecule has 0 saturated carbocycles. The Balaban J connectivity index is 1.27. The Labute approximate surface area is 157 Å². The van der Waals surface area contributed by atoms with Crippen molar-refractivity contribution in [3.8, 4) is 17.2 Å². The van der Waals surface area contributed by atoms with E-state index >= 15 is 0 Å². The molecule has 2 N–H and O–H groups in total. The summed E-state index contributed by atoms with van der Waals surface area (Å²) in [7, 11) is 0. The number of nitrogens with zero attached hydrogens (tertiary/aromatic N) is 2. The molecule has 0 aliphatic carbocycles. The van der Waals surface area contributed by atoms with E-state index in [1.54, 1.807) is 0 Å². The smallest absolute Gasteiger partial charge is 0.231 e. The van der Waals surface area contributed by atoms with Crippen LogP contribution in [0.1, 0.15) is 12.0 Å². The third-order valence-corrected chi connectivity index (χ3v) is 5.07. The number of para-hydroxylation sites is 1. The van der Waals surface area contributed by atoms with E-state index in [1.807, 2.05) is 36.4 Å². The van der Waals surface area contributed by atoms with Gasteiger partial charge in [-0.25, -0.2) is 4.98 Å². The van der Waals surface area contributed by atoms with Crippen molar-refractivity contribution in [2.45, 2.75) is 19.1 Å². The Kier molecular flexibility index (Phi) is 3.98. The van der Waals surface area contributed by atoms with Crippen molar-refractivity contribution in [2.75, 3.05) is 25.6 Å². The fourth-order valence-electron chi connectivity index (χ4n) is 3.74. The fraction of sp³-hybridized carbons (Fsp3) is 0.286. The predicted molar refractivity (Wildman–Crippen MR) is 103 cm³/mol. The van der Waals surface area contributed by atoms with E-state index < -0.39 is 0 Å². The largest absolute Gasteiger partial charge is 0.487 e. The van der Waals surface area contributed by atoms with Crippen LogP contribution in [0.25, 0.3) is 10.9 Å². The van der Waals surface area contributed by atoms with Crippen LogP contribution in [0.15, 0.2) is 48.5 Å². The SMILES string of the molecule is Nc1ccc2cccc(O[C@@H]3CCN(Cc4ccc5c(c4)OCO5)C3)c2n1. The van der Waals surface area contributed by atoms with Crippen LogP contribution in [0.3, 0.4) is 0 Å². The molecule has 0 radical (unpaired) electrons. The summed E-state index contributed by atoms with van der Waals surface area (Å²) in [6.45, 7) is 3.06. The number of hydrogen-bond donors (Lipinski definition) is 1. The third kappa shape index (κ3) is 3.24. The summed E-state index contributed by atoms with van der Waals surface area (Å²) in [6.07, 6.45) is 1.14. The molecule has 2 aliphatic rings. The topological polar surface area (TPSA) is 69.8 Å². The minimum Gasteiger partial charge on any atom is -0.487 e. The van der Waals surface area contributed by atoms with Gasteiger partial charge in [0.15, 0.2) is 11.5 Å². The molecule has 3 aromatic rings. The highest BCUT2D eigenvalue weighted by molar-refractivity contribution is 5.85. The Morgan fingerprint density at radius 3 is 3.00 bits per heavy atom. The van der Waals surface area contributed by atoms with Crippen LogP contribution in [-0.4, -0.2) is 35.9 Å². The fourth-order valence-corrected chi connectivity index (χ4v) is 3.74. The zero-order valence-corrected chi connectivity index (χ0v) is 14.9. The average molecular weight is 363 g/mol. The highest BCUT2D eigenvalue weighted by Crippen LogP contribution is 2.33. The quantitative estimate of drug-likeness (QED) is 0.768. The molecule has 6 nitrogen and oxygen atoms in total. The summed E-state index contributed by atoms with van der Waals surface area (Å²) in [4.78, 5) is 6.85. The molecule has 0 unspecified atom stereocenters. The lowest BCUT2D eigenvalue weighted by atomic mass is 10.2. The Hall–Kier alpha value is -2.99. The minimum absolute atomic E-state index is 0.146. The van der Waals surface area contributed by atoms with E-state index in [0.717, 1.165) is 54.2 Å². The third-order valence-electron chi connectivity index (χ3n) is 5.07. The van der Waals surface area contributed by atoms with Crippen LogP contribution in [0, 0.1) is 0 Å². The maximum Gasteiger partial charge on any atom is 0.231 e. The normalized spacial score (nSPS) is 18.9. The molecule has 3 heterocycles.